The van der Waals surface area contributed by atoms with Gasteiger partial charge < -0.3 is 15.3 Å². The van der Waals surface area contributed by atoms with Crippen molar-refractivity contribution >= 4 is 11.6 Å². The van der Waals surface area contributed by atoms with E-state index in [1.807, 2.05) is 0 Å². The van der Waals surface area contributed by atoms with Crippen LogP contribution in [0.25, 0.3) is 0 Å². The maximum Gasteiger partial charge on any atom is 0.292 e. The first-order chi connectivity index (χ1) is 2.94. The summed E-state index contributed by atoms with van der Waals surface area (Å²) >= 11 is 5.00. The molecule has 0 aliphatic rings. The van der Waals surface area contributed by atoms with Gasteiger partial charge in [-0.15, -0.1) is 11.6 Å². The lowest BCUT2D eigenvalue weighted by Crippen LogP contribution is -2.36. The fourth-order valence-corrected chi connectivity index (χ4v) is 0. The number of halogens is 1. The zero-order chi connectivity index (χ0) is 6.08. The van der Waals surface area contributed by atoms with E-state index in [2.05, 4.69) is 0 Å². The number of hydrogen-bond donors (Lipinski definition) is 3. The molecule has 7 heavy (non-hydrogen) atoms. The van der Waals surface area contributed by atoms with Gasteiger partial charge in [-0.3, -0.25) is 0 Å². The van der Waals surface area contributed by atoms with E-state index >= 15 is 0 Å². The summed E-state index contributed by atoms with van der Waals surface area (Å²) in [6, 6.07) is 0. The van der Waals surface area contributed by atoms with Gasteiger partial charge in [-0.2, -0.15) is 0 Å². The molecule has 1 unspecified atom stereocenters. The Morgan fingerprint density at radius 2 is 1.57 bits per heavy atom. The van der Waals surface area contributed by atoms with E-state index in [-0.39, 0.29) is 0 Å². The average Bonchev–Trinajstić information content (AvgIpc) is 1.31. The third kappa shape index (κ3) is 2.82. The van der Waals surface area contributed by atoms with Crippen LogP contribution < -0.4 is 0 Å². The van der Waals surface area contributed by atoms with Gasteiger partial charge in [0.1, 0.15) is 5.38 Å². The van der Waals surface area contributed by atoms with E-state index in [4.69, 9.17) is 26.9 Å². The molecule has 0 aromatic heterocycles. The van der Waals surface area contributed by atoms with Crippen molar-refractivity contribution in [2.24, 2.45) is 0 Å². The SMILES string of the molecule is CC(Cl)C(O)(O)O. The maximum atomic E-state index is 8.07. The first-order valence-electron chi connectivity index (χ1n) is 1.76. The largest absolute Gasteiger partial charge is 0.342 e. The van der Waals surface area contributed by atoms with Gasteiger partial charge in [0.15, 0.2) is 0 Å². The van der Waals surface area contributed by atoms with Gasteiger partial charge in [0.2, 0.25) is 0 Å². The zero-order valence-corrected chi connectivity index (χ0v) is 4.55. The van der Waals surface area contributed by atoms with Crippen LogP contribution in [0.5, 0.6) is 0 Å². The average molecular weight is 127 g/mol. The van der Waals surface area contributed by atoms with Crippen molar-refractivity contribution in [3.63, 3.8) is 0 Å². The molecule has 0 heterocycles. The molecule has 0 rings (SSSR count). The Kier molecular flexibility index (Phi) is 2.01. The molecule has 4 heteroatoms. The molecular formula is C3H7ClO3. The van der Waals surface area contributed by atoms with Crippen LogP contribution in [-0.4, -0.2) is 26.7 Å². The summed E-state index contributed by atoms with van der Waals surface area (Å²) in [6.45, 7) is 1.27. The van der Waals surface area contributed by atoms with Crippen LogP contribution in [0.3, 0.4) is 0 Å². The lowest BCUT2D eigenvalue weighted by Gasteiger charge is -2.14. The minimum atomic E-state index is -2.73. The van der Waals surface area contributed by atoms with Crippen molar-refractivity contribution in [2.45, 2.75) is 18.3 Å². The van der Waals surface area contributed by atoms with Crippen LogP contribution in [0.4, 0.5) is 0 Å². The predicted octanol–water partition coefficient (Wildman–Crippen LogP) is -0.756. The van der Waals surface area contributed by atoms with Crippen LogP contribution in [0, 0.1) is 0 Å². The molecule has 0 saturated heterocycles. The monoisotopic (exact) mass is 126 g/mol. The molecular weight excluding hydrogens is 119 g/mol. The van der Waals surface area contributed by atoms with Gasteiger partial charge in [-0.25, -0.2) is 0 Å². The minimum Gasteiger partial charge on any atom is -0.342 e. The highest BCUT2D eigenvalue weighted by molar-refractivity contribution is 6.20. The summed E-state index contributed by atoms with van der Waals surface area (Å²) in [7, 11) is 0. The van der Waals surface area contributed by atoms with Crippen LogP contribution in [-0.2, 0) is 0 Å². The van der Waals surface area contributed by atoms with E-state index in [9.17, 15) is 0 Å². The number of hydrogen-bond acceptors (Lipinski definition) is 3. The molecule has 0 bridgehead atoms. The van der Waals surface area contributed by atoms with Gasteiger partial charge in [-0.05, 0) is 6.92 Å². The smallest absolute Gasteiger partial charge is 0.292 e. The second-order valence-corrected chi connectivity index (χ2v) is 1.96. The number of aliphatic hydroxyl groups is 3. The highest BCUT2D eigenvalue weighted by atomic mass is 35.5. The lowest BCUT2D eigenvalue weighted by molar-refractivity contribution is -0.309. The molecule has 0 spiro atoms. The van der Waals surface area contributed by atoms with Crippen molar-refractivity contribution in [1.29, 1.82) is 0 Å². The summed E-state index contributed by atoms with van der Waals surface area (Å²) in [5.41, 5.74) is 0. The van der Waals surface area contributed by atoms with E-state index in [0.717, 1.165) is 0 Å². The Labute approximate surface area is 46.2 Å². The van der Waals surface area contributed by atoms with Gasteiger partial charge in [0, 0.05) is 0 Å². The summed E-state index contributed by atoms with van der Waals surface area (Å²) in [4.78, 5) is 0. The quantitative estimate of drug-likeness (QED) is 0.320. The second-order valence-electron chi connectivity index (χ2n) is 1.30. The molecule has 3 N–H and O–H groups in total. The third-order valence-electron chi connectivity index (χ3n) is 0.534. The van der Waals surface area contributed by atoms with Gasteiger partial charge in [0.25, 0.3) is 5.97 Å². The Hall–Kier alpha value is 0.170. The Morgan fingerprint density at radius 1 is 1.43 bits per heavy atom. The van der Waals surface area contributed by atoms with E-state index in [1.54, 1.807) is 0 Å². The molecule has 44 valence electrons. The van der Waals surface area contributed by atoms with Crippen LogP contribution in [0.15, 0.2) is 0 Å². The zero-order valence-electron chi connectivity index (χ0n) is 3.80. The number of alkyl halides is 1. The van der Waals surface area contributed by atoms with Crippen molar-refractivity contribution in [1.82, 2.24) is 0 Å². The van der Waals surface area contributed by atoms with Crippen molar-refractivity contribution in [3.8, 4) is 0 Å². The molecule has 0 aliphatic carbocycles. The Morgan fingerprint density at radius 3 is 1.57 bits per heavy atom. The van der Waals surface area contributed by atoms with Crippen molar-refractivity contribution < 1.29 is 15.3 Å². The molecule has 0 aliphatic heterocycles. The molecule has 1 atom stereocenters. The summed E-state index contributed by atoms with van der Waals surface area (Å²) in [6.07, 6.45) is 0. The maximum absolute atomic E-state index is 8.07. The van der Waals surface area contributed by atoms with Crippen molar-refractivity contribution in [2.75, 3.05) is 0 Å². The molecule has 0 fully saturated rings. The molecule has 0 aromatic rings. The highest BCUT2D eigenvalue weighted by Crippen LogP contribution is 2.06. The Balaban J connectivity index is 3.54. The molecule has 3 nitrogen and oxygen atoms in total. The third-order valence-corrected chi connectivity index (χ3v) is 0.826. The molecule has 0 saturated carbocycles. The summed E-state index contributed by atoms with van der Waals surface area (Å²) < 4.78 is 0. The highest BCUT2D eigenvalue weighted by Gasteiger charge is 2.24. The van der Waals surface area contributed by atoms with Gasteiger partial charge in [0.05, 0.1) is 0 Å². The van der Waals surface area contributed by atoms with Crippen molar-refractivity contribution in [3.05, 3.63) is 0 Å². The van der Waals surface area contributed by atoms with Crippen LogP contribution >= 0.6 is 11.6 Å². The van der Waals surface area contributed by atoms with E-state index in [1.165, 1.54) is 6.92 Å². The normalized spacial score (nSPS) is 16.7. The molecule has 0 aromatic carbocycles. The summed E-state index contributed by atoms with van der Waals surface area (Å²) in [5.74, 6) is -2.73. The van der Waals surface area contributed by atoms with E-state index in [0.29, 0.717) is 0 Å². The first kappa shape index (κ1) is 7.17. The number of rotatable bonds is 1. The molecule has 0 amide bonds. The summed E-state index contributed by atoms with van der Waals surface area (Å²) in [5, 5.41) is 23.2. The fourth-order valence-electron chi connectivity index (χ4n) is 0. The minimum absolute atomic E-state index is 1.06. The lowest BCUT2D eigenvalue weighted by atomic mass is 10.4. The van der Waals surface area contributed by atoms with E-state index < -0.39 is 11.4 Å². The topological polar surface area (TPSA) is 60.7 Å². The second kappa shape index (κ2) is 1.96. The molecule has 0 radical (unpaired) electrons. The van der Waals surface area contributed by atoms with Gasteiger partial charge >= 0.3 is 0 Å². The first-order valence-corrected chi connectivity index (χ1v) is 2.19. The van der Waals surface area contributed by atoms with Crippen LogP contribution in [0.1, 0.15) is 6.92 Å². The standard InChI is InChI=1S/C3H7ClO3/c1-2(4)3(5,6)7/h2,5-7H,1H3. The fraction of sp³-hybridized carbons (Fsp3) is 1.00. The van der Waals surface area contributed by atoms with Gasteiger partial charge in [-0.1, -0.05) is 0 Å². The Bertz CT molecular complexity index is 55.7. The van der Waals surface area contributed by atoms with Crippen LogP contribution in [0.2, 0.25) is 0 Å². The predicted molar refractivity (Wildman–Crippen MR) is 24.7 cm³/mol.